The van der Waals surface area contributed by atoms with Crippen LogP contribution in [-0.4, -0.2) is 19.1 Å². The first-order valence-corrected chi connectivity index (χ1v) is 16.3. The molecule has 0 fully saturated rings. The van der Waals surface area contributed by atoms with Gasteiger partial charge < -0.3 is 4.57 Å². The van der Waals surface area contributed by atoms with Crippen LogP contribution in [0.5, 0.6) is 0 Å². The predicted octanol–water partition coefficient (Wildman–Crippen LogP) is 11.2. The van der Waals surface area contributed by atoms with Crippen molar-refractivity contribution >= 4 is 54.9 Å². The number of aromatic nitrogens is 4. The van der Waals surface area contributed by atoms with Crippen LogP contribution in [0.3, 0.4) is 0 Å². The molecule has 10 aromatic rings. The summed E-state index contributed by atoms with van der Waals surface area (Å²) in [6.07, 6.45) is 0. The molecule has 3 heterocycles. The van der Waals surface area contributed by atoms with Crippen molar-refractivity contribution in [2.24, 2.45) is 0 Å². The quantitative estimate of drug-likeness (QED) is 0.198. The van der Waals surface area contributed by atoms with E-state index in [1.165, 1.54) is 38.6 Å². The van der Waals surface area contributed by atoms with Crippen LogP contribution in [-0.2, 0) is 0 Å². The second-order valence-electron chi connectivity index (χ2n) is 12.3. The normalized spacial score (nSPS) is 11.8. The van der Waals surface area contributed by atoms with Gasteiger partial charge in [-0.25, -0.2) is 9.97 Å². The lowest BCUT2D eigenvalue weighted by Crippen LogP contribution is -1.96. The lowest BCUT2D eigenvalue weighted by atomic mass is 9.97. The Morgan fingerprint density at radius 1 is 0.333 bits per heavy atom. The first-order valence-electron chi connectivity index (χ1n) is 16.3. The molecule has 0 amide bonds. The highest BCUT2D eigenvalue weighted by Gasteiger charge is 2.18. The molecule has 0 saturated carbocycles. The Bertz CT molecular complexity index is 2830. The van der Waals surface area contributed by atoms with E-state index < -0.39 is 0 Å². The van der Waals surface area contributed by atoms with Gasteiger partial charge in [-0.3, -0.25) is 4.57 Å². The lowest BCUT2D eigenvalue weighted by molar-refractivity contribution is 1.14. The second-order valence-corrected chi connectivity index (χ2v) is 12.3. The van der Waals surface area contributed by atoms with Crippen LogP contribution in [0.2, 0.25) is 0 Å². The largest absolute Gasteiger partial charge is 0.309 e. The molecule has 7 aromatic carbocycles. The molecule has 3 aromatic heterocycles. The lowest BCUT2D eigenvalue weighted by Gasteiger charge is -2.10. The van der Waals surface area contributed by atoms with Gasteiger partial charge in [-0.2, -0.15) is 0 Å². The van der Waals surface area contributed by atoms with Crippen LogP contribution >= 0.6 is 0 Å². The van der Waals surface area contributed by atoms with E-state index in [1.807, 2.05) is 30.3 Å². The van der Waals surface area contributed by atoms with Gasteiger partial charge in [0.25, 0.3) is 0 Å². The molecule has 0 radical (unpaired) electrons. The standard InChI is InChI=1S/C44H28N4/c1-3-14-33(15-4-1)47-40-21-10-7-18-35(40)36-27-31(22-24-41(36)47)29-12-11-13-30(26-29)32-23-25-42-37(28-32)43-44(48(42)34-16-5-2-6-17-34)46-39-20-9-8-19-38(39)45-43/h1-28H. The number of fused-ring (bicyclic) bond motifs is 7. The predicted molar refractivity (Wildman–Crippen MR) is 199 cm³/mol. The van der Waals surface area contributed by atoms with Crippen LogP contribution in [0.25, 0.3) is 88.5 Å². The molecule has 48 heavy (non-hydrogen) atoms. The van der Waals surface area contributed by atoms with Gasteiger partial charge in [0, 0.05) is 27.5 Å². The van der Waals surface area contributed by atoms with Crippen molar-refractivity contribution in [1.29, 1.82) is 0 Å². The van der Waals surface area contributed by atoms with Crippen LogP contribution in [0, 0.1) is 0 Å². The molecule has 0 saturated heterocycles. The maximum absolute atomic E-state index is 5.14. The molecule has 0 spiro atoms. The molecule has 0 aliphatic rings. The fourth-order valence-electron chi connectivity index (χ4n) is 7.27. The SMILES string of the molecule is c1ccc(-n2c3ccccc3c3cc(-c4cccc(-c5ccc6c(c5)c5nc7ccccc7nc5n6-c5ccccc5)c4)ccc32)cc1. The molecular weight excluding hydrogens is 585 g/mol. The van der Waals surface area contributed by atoms with Crippen LogP contribution < -0.4 is 0 Å². The molecule has 10 rings (SSSR count). The Hall–Kier alpha value is -6.52. The summed E-state index contributed by atoms with van der Waals surface area (Å²) < 4.78 is 4.59. The van der Waals surface area contributed by atoms with E-state index in [0.717, 1.165) is 49.9 Å². The average molecular weight is 613 g/mol. The molecule has 0 aliphatic carbocycles. The maximum Gasteiger partial charge on any atom is 0.165 e. The zero-order chi connectivity index (χ0) is 31.6. The number of hydrogen-bond acceptors (Lipinski definition) is 2. The molecule has 0 N–H and O–H groups in total. The Balaban J connectivity index is 1.13. The molecular formula is C44H28N4. The summed E-state index contributed by atoms with van der Waals surface area (Å²) >= 11 is 0. The number of rotatable bonds is 4. The van der Waals surface area contributed by atoms with Crippen molar-refractivity contribution in [3.8, 4) is 33.6 Å². The van der Waals surface area contributed by atoms with Crippen LogP contribution in [0.15, 0.2) is 170 Å². The summed E-state index contributed by atoms with van der Waals surface area (Å²) in [6.45, 7) is 0. The van der Waals surface area contributed by atoms with Gasteiger partial charge in [-0.1, -0.05) is 97.1 Å². The summed E-state index contributed by atoms with van der Waals surface area (Å²) in [5.74, 6) is 0. The van der Waals surface area contributed by atoms with E-state index in [-0.39, 0.29) is 0 Å². The fourth-order valence-corrected chi connectivity index (χ4v) is 7.27. The van der Waals surface area contributed by atoms with Gasteiger partial charge >= 0.3 is 0 Å². The topological polar surface area (TPSA) is 35.6 Å². The molecule has 4 heteroatoms. The summed E-state index contributed by atoms with van der Waals surface area (Å²) in [7, 11) is 0. The molecule has 0 aliphatic heterocycles. The highest BCUT2D eigenvalue weighted by Crippen LogP contribution is 2.37. The van der Waals surface area contributed by atoms with Gasteiger partial charge in [0.15, 0.2) is 5.65 Å². The van der Waals surface area contributed by atoms with E-state index in [0.29, 0.717) is 0 Å². The van der Waals surface area contributed by atoms with Gasteiger partial charge in [-0.05, 0) is 95.1 Å². The third-order valence-corrected chi connectivity index (χ3v) is 9.49. The highest BCUT2D eigenvalue weighted by atomic mass is 15.1. The highest BCUT2D eigenvalue weighted by molar-refractivity contribution is 6.11. The van der Waals surface area contributed by atoms with Crippen molar-refractivity contribution in [2.75, 3.05) is 0 Å². The Morgan fingerprint density at radius 3 is 1.56 bits per heavy atom. The van der Waals surface area contributed by atoms with Gasteiger partial charge in [-0.15, -0.1) is 0 Å². The summed E-state index contributed by atoms with van der Waals surface area (Å²) in [5.41, 5.74) is 14.0. The van der Waals surface area contributed by atoms with Gasteiger partial charge in [0.2, 0.25) is 0 Å². The fraction of sp³-hybridized carbons (Fsp3) is 0. The van der Waals surface area contributed by atoms with Gasteiger partial charge in [0.1, 0.15) is 5.52 Å². The minimum Gasteiger partial charge on any atom is -0.309 e. The van der Waals surface area contributed by atoms with Crippen molar-refractivity contribution in [1.82, 2.24) is 19.1 Å². The third-order valence-electron chi connectivity index (χ3n) is 9.49. The minimum absolute atomic E-state index is 0.865. The summed E-state index contributed by atoms with van der Waals surface area (Å²) in [5, 5.41) is 3.59. The first-order chi connectivity index (χ1) is 23.8. The molecule has 0 bridgehead atoms. The maximum atomic E-state index is 5.14. The zero-order valence-corrected chi connectivity index (χ0v) is 26.0. The summed E-state index contributed by atoms with van der Waals surface area (Å²) in [4.78, 5) is 10.3. The number of para-hydroxylation sites is 5. The monoisotopic (exact) mass is 612 g/mol. The first kappa shape index (κ1) is 26.7. The van der Waals surface area contributed by atoms with Crippen LogP contribution in [0.4, 0.5) is 0 Å². The number of nitrogens with zero attached hydrogens (tertiary/aromatic N) is 4. The molecule has 4 nitrogen and oxygen atoms in total. The van der Waals surface area contributed by atoms with Gasteiger partial charge in [0.05, 0.1) is 27.6 Å². The Kier molecular flexibility index (Phi) is 5.84. The summed E-state index contributed by atoms with van der Waals surface area (Å²) in [6, 6.07) is 60.2. The van der Waals surface area contributed by atoms with E-state index in [9.17, 15) is 0 Å². The van der Waals surface area contributed by atoms with Crippen LogP contribution in [0.1, 0.15) is 0 Å². The average Bonchev–Trinajstić information content (AvgIpc) is 3.66. The van der Waals surface area contributed by atoms with Crippen molar-refractivity contribution < 1.29 is 0 Å². The number of hydrogen-bond donors (Lipinski definition) is 0. The van der Waals surface area contributed by atoms with E-state index in [4.69, 9.17) is 9.97 Å². The zero-order valence-electron chi connectivity index (χ0n) is 26.0. The van der Waals surface area contributed by atoms with Crippen molar-refractivity contribution in [2.45, 2.75) is 0 Å². The van der Waals surface area contributed by atoms with Crippen molar-refractivity contribution in [3.05, 3.63) is 170 Å². The van der Waals surface area contributed by atoms with E-state index >= 15 is 0 Å². The Labute approximate surface area is 276 Å². The Morgan fingerprint density at radius 2 is 0.854 bits per heavy atom. The molecule has 224 valence electrons. The second kappa shape index (κ2) is 10.5. The minimum atomic E-state index is 0.865. The molecule has 0 atom stereocenters. The number of benzene rings is 7. The van der Waals surface area contributed by atoms with E-state index in [2.05, 4.69) is 149 Å². The molecule has 0 unspecified atom stereocenters. The van der Waals surface area contributed by atoms with E-state index in [1.54, 1.807) is 0 Å². The smallest absolute Gasteiger partial charge is 0.165 e. The van der Waals surface area contributed by atoms with Crippen molar-refractivity contribution in [3.63, 3.8) is 0 Å². The third kappa shape index (κ3) is 4.10.